The second-order valence-electron chi connectivity index (χ2n) is 8.06. The molecule has 0 aliphatic rings. The van der Waals surface area contributed by atoms with Crippen molar-refractivity contribution in [3.63, 3.8) is 0 Å². The van der Waals surface area contributed by atoms with Crippen LogP contribution in [0.2, 0.25) is 0 Å². The summed E-state index contributed by atoms with van der Waals surface area (Å²) in [5.41, 5.74) is 0.158. The number of rotatable bonds is 11. The molecule has 2 heterocycles. The normalized spacial score (nSPS) is 13.6. The first-order valence-corrected chi connectivity index (χ1v) is 14.7. The van der Waals surface area contributed by atoms with Crippen LogP contribution >= 0.6 is 7.60 Å². The topological polar surface area (TPSA) is 147 Å². The maximum Gasteiger partial charge on any atom is 0.421 e. The zero-order valence-corrected chi connectivity index (χ0v) is 22.3. The highest BCUT2D eigenvalue weighted by atomic mass is 32.2. The molecule has 38 heavy (non-hydrogen) atoms. The summed E-state index contributed by atoms with van der Waals surface area (Å²) in [6.07, 6.45) is -1.98. The molecule has 0 saturated heterocycles. The van der Waals surface area contributed by atoms with Crippen LogP contribution in [0.3, 0.4) is 0 Å². The lowest BCUT2D eigenvalue weighted by Crippen LogP contribution is -2.27. The molecule has 0 aliphatic heterocycles. The Balaban J connectivity index is 1.83. The molecule has 0 amide bonds. The number of pyridine rings is 1. The molecular formula is C22H26F3N6O5PS. The first-order chi connectivity index (χ1) is 17.7. The maximum absolute atomic E-state index is 13.6. The average Bonchev–Trinajstić information content (AvgIpc) is 2.82. The van der Waals surface area contributed by atoms with Crippen molar-refractivity contribution in [3.05, 3.63) is 65.5 Å². The van der Waals surface area contributed by atoms with Gasteiger partial charge in [-0.3, -0.25) is 8.87 Å². The Morgan fingerprint density at radius 2 is 1.84 bits per heavy atom. The molecule has 0 spiro atoms. The highest BCUT2D eigenvalue weighted by molar-refractivity contribution is 7.92. The van der Waals surface area contributed by atoms with E-state index >= 15 is 0 Å². The Labute approximate surface area is 217 Å². The Kier molecular flexibility index (Phi) is 8.97. The van der Waals surface area contributed by atoms with Crippen LogP contribution in [0.1, 0.15) is 23.6 Å². The number of hydrogen-bond acceptors (Lipinski definition) is 9. The fourth-order valence-corrected chi connectivity index (χ4v) is 4.92. The van der Waals surface area contributed by atoms with Crippen LogP contribution in [0.5, 0.6) is 0 Å². The van der Waals surface area contributed by atoms with Crippen molar-refractivity contribution in [3.8, 4) is 0 Å². The van der Waals surface area contributed by atoms with E-state index in [1.54, 1.807) is 31.2 Å². The van der Waals surface area contributed by atoms with E-state index in [4.69, 9.17) is 4.52 Å². The average molecular weight is 575 g/mol. The van der Waals surface area contributed by atoms with Gasteiger partial charge in [0.15, 0.2) is 0 Å². The van der Waals surface area contributed by atoms with Gasteiger partial charge in [0.25, 0.3) is 0 Å². The summed E-state index contributed by atoms with van der Waals surface area (Å²) in [6, 6.07) is 9.30. The summed E-state index contributed by atoms with van der Waals surface area (Å²) < 4.78 is 82.5. The summed E-state index contributed by atoms with van der Waals surface area (Å²) in [5, 5.41) is 5.40. The van der Waals surface area contributed by atoms with Gasteiger partial charge in [0.2, 0.25) is 16.0 Å². The number of hydrogen-bond donors (Lipinski definition) is 3. The zero-order valence-electron chi connectivity index (χ0n) is 20.6. The number of benzene rings is 1. The first kappa shape index (κ1) is 29.3. The van der Waals surface area contributed by atoms with Crippen LogP contribution in [-0.2, 0) is 38.0 Å². The van der Waals surface area contributed by atoms with E-state index in [0.29, 0.717) is 23.0 Å². The lowest BCUT2D eigenvalue weighted by Gasteiger charge is -2.20. The molecule has 1 unspecified atom stereocenters. The molecule has 206 valence electrons. The molecule has 1 atom stereocenters. The molecule has 3 rings (SSSR count). The van der Waals surface area contributed by atoms with E-state index in [9.17, 15) is 31.0 Å². The molecule has 0 fully saturated rings. The van der Waals surface area contributed by atoms with Gasteiger partial charge < -0.3 is 20.1 Å². The second-order valence-corrected chi connectivity index (χ2v) is 11.9. The number of nitrogens with one attached hydrogen (secondary N) is 2. The third-order valence-electron chi connectivity index (χ3n) is 5.13. The maximum atomic E-state index is 13.6. The van der Waals surface area contributed by atoms with Crippen molar-refractivity contribution in [2.45, 2.75) is 25.8 Å². The fourth-order valence-electron chi connectivity index (χ4n) is 3.27. The Bertz CT molecular complexity index is 1420. The van der Waals surface area contributed by atoms with Gasteiger partial charge in [-0.1, -0.05) is 18.2 Å². The van der Waals surface area contributed by atoms with E-state index in [-0.39, 0.29) is 31.1 Å². The number of nitrogens with zero attached hydrogens (tertiary/aromatic N) is 4. The van der Waals surface area contributed by atoms with Crippen LogP contribution in [0.4, 0.5) is 36.4 Å². The van der Waals surface area contributed by atoms with Gasteiger partial charge >= 0.3 is 13.8 Å². The van der Waals surface area contributed by atoms with Crippen molar-refractivity contribution in [1.82, 2.24) is 15.0 Å². The molecule has 0 bridgehead atoms. The van der Waals surface area contributed by atoms with E-state index in [0.717, 1.165) is 10.6 Å². The van der Waals surface area contributed by atoms with Crippen molar-refractivity contribution in [2.24, 2.45) is 0 Å². The van der Waals surface area contributed by atoms with E-state index in [1.165, 1.54) is 25.4 Å². The van der Waals surface area contributed by atoms with Gasteiger partial charge in [-0.05, 0) is 30.7 Å². The van der Waals surface area contributed by atoms with Crippen LogP contribution in [0.15, 0.2) is 48.8 Å². The third-order valence-corrected chi connectivity index (χ3v) is 7.72. The number of halogens is 3. The van der Waals surface area contributed by atoms with Gasteiger partial charge in [0.1, 0.15) is 17.2 Å². The summed E-state index contributed by atoms with van der Waals surface area (Å²) in [6.45, 7) is 1.48. The summed E-state index contributed by atoms with van der Waals surface area (Å²) in [5.74, 6) is -0.614. The molecule has 0 aliphatic carbocycles. The molecule has 2 aromatic heterocycles. The monoisotopic (exact) mass is 574 g/mol. The van der Waals surface area contributed by atoms with Crippen molar-refractivity contribution in [1.29, 1.82) is 0 Å². The fraction of sp³-hybridized carbons (Fsp3) is 0.318. The minimum atomic E-state index is -4.76. The van der Waals surface area contributed by atoms with Gasteiger partial charge in [0.05, 0.1) is 19.0 Å². The molecule has 0 radical (unpaired) electrons. The lowest BCUT2D eigenvalue weighted by atomic mass is 10.2. The van der Waals surface area contributed by atoms with Crippen LogP contribution in [0, 0.1) is 0 Å². The molecule has 16 heteroatoms. The summed E-state index contributed by atoms with van der Waals surface area (Å²) in [4.78, 5) is 21.5. The number of sulfonamides is 1. The quantitative estimate of drug-likeness (QED) is 0.282. The molecular weight excluding hydrogens is 548 g/mol. The van der Waals surface area contributed by atoms with Gasteiger partial charge in [-0.15, -0.1) is 0 Å². The predicted molar refractivity (Wildman–Crippen MR) is 137 cm³/mol. The van der Waals surface area contributed by atoms with Gasteiger partial charge in [-0.25, -0.2) is 18.4 Å². The van der Waals surface area contributed by atoms with E-state index < -0.39 is 35.2 Å². The van der Waals surface area contributed by atoms with Crippen LogP contribution < -0.4 is 14.9 Å². The zero-order chi connectivity index (χ0) is 28.1. The van der Waals surface area contributed by atoms with Crippen molar-refractivity contribution >= 4 is 40.9 Å². The minimum absolute atomic E-state index is 0.0558. The van der Waals surface area contributed by atoms with Gasteiger partial charge in [0, 0.05) is 37.2 Å². The Morgan fingerprint density at radius 3 is 2.45 bits per heavy atom. The standard InChI is InChI=1S/C22H26F3N6O5PS/c1-4-36-37(32,33)14-15-7-9-17(10-8-15)29-21-28-13-18(22(23,24)25)19(30-21)27-12-16-6-5-11-26-20(16)31(2)38(3,34)35/h5-11,13H,4,12,14H2,1-3H3,(H,32,33)(H2,27,28,29,30). The molecule has 11 nitrogen and oxygen atoms in total. The summed E-state index contributed by atoms with van der Waals surface area (Å²) >= 11 is 0. The third kappa shape index (κ3) is 7.87. The number of alkyl halides is 3. The highest BCUT2D eigenvalue weighted by Crippen LogP contribution is 2.45. The van der Waals surface area contributed by atoms with Crippen LogP contribution in [-0.4, -0.2) is 48.2 Å². The molecule has 3 aromatic rings. The van der Waals surface area contributed by atoms with Gasteiger partial charge in [-0.2, -0.15) is 18.2 Å². The first-order valence-electron chi connectivity index (χ1n) is 11.1. The lowest BCUT2D eigenvalue weighted by molar-refractivity contribution is -0.137. The van der Waals surface area contributed by atoms with E-state index in [2.05, 4.69) is 25.6 Å². The second kappa shape index (κ2) is 11.6. The van der Waals surface area contributed by atoms with Crippen molar-refractivity contribution in [2.75, 3.05) is 34.8 Å². The van der Waals surface area contributed by atoms with E-state index in [1.807, 2.05) is 0 Å². The Hall–Kier alpha value is -3.26. The molecule has 1 aromatic carbocycles. The SMILES string of the molecule is CCOP(=O)(O)Cc1ccc(Nc2ncc(C(F)(F)F)c(NCc3cccnc3N(C)S(C)(=O)=O)n2)cc1. The molecule has 3 N–H and O–H groups in total. The smallest absolute Gasteiger partial charge is 0.365 e. The van der Waals surface area contributed by atoms with Crippen molar-refractivity contribution < 1.29 is 35.6 Å². The highest BCUT2D eigenvalue weighted by Gasteiger charge is 2.35. The van der Waals surface area contributed by atoms with Crippen LogP contribution in [0.25, 0.3) is 0 Å². The largest absolute Gasteiger partial charge is 0.421 e. The predicted octanol–water partition coefficient (Wildman–Crippen LogP) is 4.36. The minimum Gasteiger partial charge on any atom is -0.365 e. The summed E-state index contributed by atoms with van der Waals surface area (Å²) in [7, 11) is -6.15. The number of anilines is 4. The number of aromatic nitrogens is 3. The molecule has 0 saturated carbocycles. The Morgan fingerprint density at radius 1 is 1.16 bits per heavy atom.